The molecule has 0 heterocycles. The Morgan fingerprint density at radius 1 is 1.44 bits per heavy atom. The van der Waals surface area contributed by atoms with Crippen LogP contribution in [0.4, 0.5) is 0 Å². The van der Waals surface area contributed by atoms with E-state index in [0.717, 1.165) is 31.2 Å². The van der Waals surface area contributed by atoms with Gasteiger partial charge >= 0.3 is 0 Å². The molecular weight excluding hydrogens is 196 g/mol. The van der Waals surface area contributed by atoms with Crippen molar-refractivity contribution >= 4 is 5.78 Å². The fourth-order valence-corrected chi connectivity index (χ4v) is 2.35. The van der Waals surface area contributed by atoms with Gasteiger partial charge in [-0.3, -0.25) is 4.79 Å². The number of Topliss-reactive ketones (excluding diaryl/α,β-unsaturated/α-hetero) is 1. The highest BCUT2D eigenvalue weighted by Crippen LogP contribution is 2.29. The first-order valence-electron chi connectivity index (χ1n) is 6.01. The molecule has 0 saturated heterocycles. The average Bonchev–Trinajstić information content (AvgIpc) is 2.33. The second-order valence-corrected chi connectivity index (χ2v) is 4.56. The topological polar surface area (TPSA) is 17.1 Å². The van der Waals surface area contributed by atoms with Gasteiger partial charge in [0.1, 0.15) is 0 Å². The fraction of sp³-hybridized carbons (Fsp3) is 0.400. The third-order valence-corrected chi connectivity index (χ3v) is 3.45. The number of hydrogen-bond donors (Lipinski definition) is 0. The first-order valence-corrected chi connectivity index (χ1v) is 6.01. The van der Waals surface area contributed by atoms with Crippen LogP contribution in [0.5, 0.6) is 0 Å². The van der Waals surface area contributed by atoms with Gasteiger partial charge in [0.15, 0.2) is 5.78 Å². The van der Waals surface area contributed by atoms with Gasteiger partial charge in [0.25, 0.3) is 0 Å². The lowest BCUT2D eigenvalue weighted by molar-refractivity contribution is 0.0901. The Hall–Kier alpha value is -1.37. The van der Waals surface area contributed by atoms with E-state index in [2.05, 4.69) is 19.6 Å². The lowest BCUT2D eigenvalue weighted by Crippen LogP contribution is -2.22. The first kappa shape index (κ1) is 11.1. The molecule has 1 aliphatic carbocycles. The van der Waals surface area contributed by atoms with Gasteiger partial charge in [0, 0.05) is 11.5 Å². The number of hydrogen-bond acceptors (Lipinski definition) is 1. The van der Waals surface area contributed by atoms with E-state index in [9.17, 15) is 4.79 Å². The molecule has 0 aliphatic heterocycles. The Morgan fingerprint density at radius 2 is 2.19 bits per heavy atom. The Balaban J connectivity index is 2.18. The molecular formula is C15H18O. The Bertz CT molecular complexity index is 417. The summed E-state index contributed by atoms with van der Waals surface area (Å²) in [4.78, 5) is 12.2. The monoisotopic (exact) mass is 214 g/mol. The number of benzene rings is 1. The van der Waals surface area contributed by atoms with Crippen molar-refractivity contribution in [3.8, 4) is 0 Å². The predicted octanol–water partition coefficient (Wildman–Crippen LogP) is 3.79. The summed E-state index contributed by atoms with van der Waals surface area (Å²) in [5.74, 6) is 0.485. The van der Waals surface area contributed by atoms with Crippen molar-refractivity contribution < 1.29 is 4.79 Å². The maximum atomic E-state index is 12.2. The van der Waals surface area contributed by atoms with E-state index in [1.807, 2.05) is 18.2 Å². The average molecular weight is 214 g/mol. The molecule has 0 radical (unpaired) electrons. The van der Waals surface area contributed by atoms with Crippen LogP contribution in [0.15, 0.2) is 36.4 Å². The summed E-state index contributed by atoms with van der Waals surface area (Å²) in [6.07, 6.45) is 3.85. The van der Waals surface area contributed by atoms with Crippen LogP contribution in [-0.4, -0.2) is 5.78 Å². The van der Waals surface area contributed by atoms with Gasteiger partial charge in [-0.2, -0.15) is 0 Å². The smallest absolute Gasteiger partial charge is 0.166 e. The molecule has 0 amide bonds. The molecule has 0 aromatic heterocycles. The first-order chi connectivity index (χ1) is 7.72. The Morgan fingerprint density at radius 3 is 2.94 bits per heavy atom. The standard InChI is InChI=1S/C15H18O/c1-3-11(2)10-13-9-8-12-6-4-5-7-14(12)15(13)16/h4-7,13H,2-3,8-10H2,1H3. The fourth-order valence-electron chi connectivity index (χ4n) is 2.35. The summed E-state index contributed by atoms with van der Waals surface area (Å²) in [5, 5.41) is 0. The zero-order chi connectivity index (χ0) is 11.5. The van der Waals surface area contributed by atoms with Crippen LogP contribution >= 0.6 is 0 Å². The summed E-state index contributed by atoms with van der Waals surface area (Å²) in [6.45, 7) is 6.11. The maximum absolute atomic E-state index is 12.2. The molecule has 0 bridgehead atoms. The van der Waals surface area contributed by atoms with Gasteiger partial charge in [0.05, 0.1) is 0 Å². The molecule has 84 valence electrons. The van der Waals surface area contributed by atoms with E-state index in [-0.39, 0.29) is 5.92 Å². The molecule has 1 atom stereocenters. The minimum absolute atomic E-state index is 0.169. The van der Waals surface area contributed by atoms with E-state index in [1.54, 1.807) is 0 Å². The van der Waals surface area contributed by atoms with Crippen LogP contribution in [0.2, 0.25) is 0 Å². The maximum Gasteiger partial charge on any atom is 0.166 e. The molecule has 0 fully saturated rings. The van der Waals surface area contributed by atoms with Gasteiger partial charge in [-0.25, -0.2) is 0 Å². The largest absolute Gasteiger partial charge is 0.294 e. The van der Waals surface area contributed by atoms with Crippen LogP contribution in [0.25, 0.3) is 0 Å². The molecule has 1 unspecified atom stereocenters. The van der Waals surface area contributed by atoms with Crippen LogP contribution in [0.3, 0.4) is 0 Å². The minimum atomic E-state index is 0.169. The molecule has 1 aromatic carbocycles. The van der Waals surface area contributed by atoms with E-state index in [0.29, 0.717) is 5.78 Å². The summed E-state index contributed by atoms with van der Waals surface area (Å²) < 4.78 is 0. The van der Waals surface area contributed by atoms with Gasteiger partial charge in [-0.1, -0.05) is 43.3 Å². The van der Waals surface area contributed by atoms with Gasteiger partial charge < -0.3 is 0 Å². The van der Waals surface area contributed by atoms with Gasteiger partial charge in [-0.05, 0) is 31.2 Å². The molecule has 0 N–H and O–H groups in total. The molecule has 1 nitrogen and oxygen atoms in total. The van der Waals surface area contributed by atoms with E-state index >= 15 is 0 Å². The van der Waals surface area contributed by atoms with Gasteiger partial charge in [0.2, 0.25) is 0 Å². The number of fused-ring (bicyclic) bond motifs is 1. The quantitative estimate of drug-likeness (QED) is 0.700. The molecule has 2 rings (SSSR count). The van der Waals surface area contributed by atoms with Crippen LogP contribution in [0.1, 0.15) is 42.1 Å². The van der Waals surface area contributed by atoms with Crippen LogP contribution < -0.4 is 0 Å². The van der Waals surface area contributed by atoms with E-state index < -0.39 is 0 Å². The number of carbonyl (C=O) groups is 1. The van der Waals surface area contributed by atoms with Crippen molar-refractivity contribution in [1.82, 2.24) is 0 Å². The van der Waals surface area contributed by atoms with Crippen molar-refractivity contribution in [1.29, 1.82) is 0 Å². The normalized spacial score (nSPS) is 19.3. The number of ketones is 1. The van der Waals surface area contributed by atoms with Gasteiger partial charge in [-0.15, -0.1) is 0 Å². The summed E-state index contributed by atoms with van der Waals surface area (Å²) in [6, 6.07) is 7.99. The van der Waals surface area contributed by atoms with E-state index in [1.165, 1.54) is 11.1 Å². The molecule has 0 saturated carbocycles. The third kappa shape index (κ3) is 2.08. The highest BCUT2D eigenvalue weighted by Gasteiger charge is 2.26. The zero-order valence-corrected chi connectivity index (χ0v) is 9.83. The predicted molar refractivity (Wildman–Crippen MR) is 66.6 cm³/mol. The number of carbonyl (C=O) groups excluding carboxylic acids is 1. The minimum Gasteiger partial charge on any atom is -0.294 e. The molecule has 0 spiro atoms. The summed E-state index contributed by atoms with van der Waals surface area (Å²) in [5.41, 5.74) is 3.34. The van der Waals surface area contributed by atoms with Crippen molar-refractivity contribution in [2.45, 2.75) is 32.6 Å². The summed E-state index contributed by atoms with van der Waals surface area (Å²) >= 11 is 0. The van der Waals surface area contributed by atoms with Crippen molar-refractivity contribution in [2.75, 3.05) is 0 Å². The SMILES string of the molecule is C=C(CC)CC1CCc2ccccc2C1=O. The highest BCUT2D eigenvalue weighted by molar-refractivity contribution is 6.00. The lowest BCUT2D eigenvalue weighted by atomic mass is 9.79. The third-order valence-electron chi connectivity index (χ3n) is 3.45. The second-order valence-electron chi connectivity index (χ2n) is 4.56. The Kier molecular flexibility index (Phi) is 3.23. The van der Waals surface area contributed by atoms with Crippen molar-refractivity contribution in [2.24, 2.45) is 5.92 Å². The van der Waals surface area contributed by atoms with Crippen LogP contribution in [-0.2, 0) is 6.42 Å². The molecule has 1 aromatic rings. The summed E-state index contributed by atoms with van der Waals surface area (Å²) in [7, 11) is 0. The molecule has 16 heavy (non-hydrogen) atoms. The van der Waals surface area contributed by atoms with Crippen LogP contribution in [0, 0.1) is 5.92 Å². The number of allylic oxidation sites excluding steroid dienone is 1. The second kappa shape index (κ2) is 4.65. The molecule has 1 heteroatoms. The highest BCUT2D eigenvalue weighted by atomic mass is 16.1. The van der Waals surface area contributed by atoms with Crippen molar-refractivity contribution in [3.05, 3.63) is 47.5 Å². The van der Waals surface area contributed by atoms with Crippen molar-refractivity contribution in [3.63, 3.8) is 0 Å². The number of rotatable bonds is 3. The number of aryl methyl sites for hydroxylation is 1. The van der Waals surface area contributed by atoms with E-state index in [4.69, 9.17) is 0 Å². The lowest BCUT2D eigenvalue weighted by Gasteiger charge is -2.23. The zero-order valence-electron chi connectivity index (χ0n) is 9.83. The Labute approximate surface area is 97.2 Å². The molecule has 1 aliphatic rings.